The Bertz CT molecular complexity index is 572. The molecule has 0 radical (unpaired) electrons. The number of anilines is 1. The third-order valence-corrected chi connectivity index (χ3v) is 3.18. The molecule has 1 aliphatic rings. The van der Waals surface area contributed by atoms with Crippen molar-refractivity contribution in [3.63, 3.8) is 0 Å². The zero-order chi connectivity index (χ0) is 17.3. The van der Waals surface area contributed by atoms with Crippen LogP contribution in [0.5, 0.6) is 0 Å². The first kappa shape index (κ1) is 17.3. The minimum Gasteiger partial charge on any atom is -0.444 e. The molecule has 0 bridgehead atoms. The van der Waals surface area contributed by atoms with Gasteiger partial charge in [-0.05, 0) is 27.2 Å². The minimum atomic E-state index is -4.51. The van der Waals surface area contributed by atoms with Gasteiger partial charge < -0.3 is 15.0 Å². The van der Waals surface area contributed by atoms with Gasteiger partial charge in [0.1, 0.15) is 23.4 Å². The molecule has 128 valence electrons. The molecule has 1 N–H and O–H groups in total. The maximum atomic E-state index is 12.7. The van der Waals surface area contributed by atoms with E-state index in [4.69, 9.17) is 4.74 Å². The lowest BCUT2D eigenvalue weighted by atomic mass is 10.2. The van der Waals surface area contributed by atoms with Crippen molar-refractivity contribution < 1.29 is 22.7 Å². The molecule has 6 nitrogen and oxygen atoms in total. The number of hydrogen-bond donors (Lipinski definition) is 1. The molecule has 1 aliphatic heterocycles. The number of alkyl carbamates (subject to hydrolysis) is 1. The summed E-state index contributed by atoms with van der Waals surface area (Å²) in [6.45, 7) is 6.13. The second kappa shape index (κ2) is 6.21. The van der Waals surface area contributed by atoms with Crippen molar-refractivity contribution in [1.82, 2.24) is 15.3 Å². The van der Waals surface area contributed by atoms with E-state index < -0.39 is 23.6 Å². The minimum absolute atomic E-state index is 0.195. The van der Waals surface area contributed by atoms with E-state index in [2.05, 4.69) is 15.3 Å². The highest BCUT2D eigenvalue weighted by molar-refractivity contribution is 5.68. The number of aromatic nitrogens is 2. The van der Waals surface area contributed by atoms with Crippen molar-refractivity contribution in [3.05, 3.63) is 18.1 Å². The molecule has 2 rings (SSSR count). The molecule has 2 heterocycles. The van der Waals surface area contributed by atoms with E-state index in [0.717, 1.165) is 12.4 Å². The van der Waals surface area contributed by atoms with Crippen LogP contribution in [0.2, 0.25) is 0 Å². The summed E-state index contributed by atoms with van der Waals surface area (Å²) in [5.74, 6) is 0.195. The van der Waals surface area contributed by atoms with Crippen LogP contribution in [-0.2, 0) is 10.9 Å². The molecule has 1 aromatic rings. The lowest BCUT2D eigenvalue weighted by Crippen LogP contribution is -2.40. The summed E-state index contributed by atoms with van der Waals surface area (Å²) < 4.78 is 43.2. The predicted molar refractivity (Wildman–Crippen MR) is 77.0 cm³/mol. The molecular weight excluding hydrogens is 313 g/mol. The first-order valence-corrected chi connectivity index (χ1v) is 7.18. The van der Waals surface area contributed by atoms with Crippen LogP contribution in [0.1, 0.15) is 32.9 Å². The third kappa shape index (κ3) is 4.97. The largest absolute Gasteiger partial charge is 0.444 e. The van der Waals surface area contributed by atoms with Gasteiger partial charge in [-0.1, -0.05) is 0 Å². The molecule has 0 unspecified atom stereocenters. The van der Waals surface area contributed by atoms with Gasteiger partial charge in [0.15, 0.2) is 0 Å². The maximum Gasteiger partial charge on any atom is 0.433 e. The standard InChI is InChI=1S/C14H19F3N4O2/c1-13(2,3)23-12(22)20-9-4-5-21(7-9)11-6-10(14(15,16)17)18-8-19-11/h6,8-9H,4-5,7H2,1-3H3,(H,20,22)/t9-/m1/s1. The van der Waals surface area contributed by atoms with E-state index in [1.165, 1.54) is 0 Å². The molecule has 1 saturated heterocycles. The van der Waals surface area contributed by atoms with Crippen molar-refractivity contribution in [1.29, 1.82) is 0 Å². The number of ether oxygens (including phenoxy) is 1. The smallest absolute Gasteiger partial charge is 0.433 e. The van der Waals surface area contributed by atoms with Gasteiger partial charge in [0.25, 0.3) is 0 Å². The first-order valence-electron chi connectivity index (χ1n) is 7.18. The van der Waals surface area contributed by atoms with Gasteiger partial charge in [-0.25, -0.2) is 14.8 Å². The van der Waals surface area contributed by atoms with Gasteiger partial charge in [0.05, 0.1) is 6.04 Å². The van der Waals surface area contributed by atoms with Crippen LogP contribution in [0.15, 0.2) is 12.4 Å². The van der Waals surface area contributed by atoms with Crippen molar-refractivity contribution in [2.75, 3.05) is 18.0 Å². The average molecular weight is 332 g/mol. The highest BCUT2D eigenvalue weighted by Gasteiger charge is 2.34. The lowest BCUT2D eigenvalue weighted by Gasteiger charge is -2.22. The summed E-state index contributed by atoms with van der Waals surface area (Å²) in [6, 6.07) is 0.713. The van der Waals surface area contributed by atoms with Gasteiger partial charge in [0.2, 0.25) is 0 Å². The van der Waals surface area contributed by atoms with E-state index in [0.29, 0.717) is 19.5 Å². The fraction of sp³-hybridized carbons (Fsp3) is 0.643. The highest BCUT2D eigenvalue weighted by Crippen LogP contribution is 2.29. The van der Waals surface area contributed by atoms with E-state index in [1.807, 2.05) is 0 Å². The first-order chi connectivity index (χ1) is 10.5. The number of nitrogens with zero attached hydrogens (tertiary/aromatic N) is 3. The Morgan fingerprint density at radius 3 is 2.65 bits per heavy atom. The number of carbonyl (C=O) groups excluding carboxylic acids is 1. The number of alkyl halides is 3. The van der Waals surface area contributed by atoms with Crippen molar-refractivity contribution in [2.24, 2.45) is 0 Å². The number of nitrogens with one attached hydrogen (secondary N) is 1. The molecule has 23 heavy (non-hydrogen) atoms. The van der Waals surface area contributed by atoms with Crippen LogP contribution in [-0.4, -0.2) is 40.8 Å². The van der Waals surface area contributed by atoms with Gasteiger partial charge in [-0.2, -0.15) is 13.2 Å². The van der Waals surface area contributed by atoms with Gasteiger partial charge >= 0.3 is 12.3 Å². The molecule has 0 aliphatic carbocycles. The Balaban J connectivity index is 1.97. The van der Waals surface area contributed by atoms with E-state index in [9.17, 15) is 18.0 Å². The molecular formula is C14H19F3N4O2. The molecule has 0 saturated carbocycles. The van der Waals surface area contributed by atoms with Crippen molar-refractivity contribution in [3.8, 4) is 0 Å². The van der Waals surface area contributed by atoms with Crippen LogP contribution >= 0.6 is 0 Å². The molecule has 1 fully saturated rings. The summed E-state index contributed by atoms with van der Waals surface area (Å²) in [5, 5.41) is 2.71. The topological polar surface area (TPSA) is 67.3 Å². The van der Waals surface area contributed by atoms with Crippen LogP contribution in [0.3, 0.4) is 0 Å². The zero-order valence-corrected chi connectivity index (χ0v) is 13.1. The maximum absolute atomic E-state index is 12.7. The summed E-state index contributed by atoms with van der Waals surface area (Å²) in [5.41, 5.74) is -1.58. The normalized spacial score (nSPS) is 18.9. The molecule has 1 amide bonds. The third-order valence-electron chi connectivity index (χ3n) is 3.18. The van der Waals surface area contributed by atoms with Crippen LogP contribution in [0, 0.1) is 0 Å². The lowest BCUT2D eigenvalue weighted by molar-refractivity contribution is -0.141. The van der Waals surface area contributed by atoms with E-state index in [-0.39, 0.29) is 11.9 Å². The molecule has 1 atom stereocenters. The van der Waals surface area contributed by atoms with Crippen molar-refractivity contribution in [2.45, 2.75) is 45.0 Å². The number of rotatable bonds is 2. The fourth-order valence-corrected chi connectivity index (χ4v) is 2.24. The number of hydrogen-bond acceptors (Lipinski definition) is 5. The molecule has 1 aromatic heterocycles. The summed E-state index contributed by atoms with van der Waals surface area (Å²) in [7, 11) is 0. The SMILES string of the molecule is CC(C)(C)OC(=O)N[C@@H]1CCN(c2cc(C(F)(F)F)ncn2)C1. The second-order valence-electron chi connectivity index (χ2n) is 6.34. The average Bonchev–Trinajstić information content (AvgIpc) is 2.84. The Hall–Kier alpha value is -2.06. The fourth-order valence-electron chi connectivity index (χ4n) is 2.24. The Kier molecular flexibility index (Phi) is 4.67. The van der Waals surface area contributed by atoms with E-state index in [1.54, 1.807) is 25.7 Å². The monoisotopic (exact) mass is 332 g/mol. The Labute approximate surface area is 132 Å². The van der Waals surface area contributed by atoms with Gasteiger partial charge in [0, 0.05) is 19.2 Å². The number of amides is 1. The number of halogens is 3. The van der Waals surface area contributed by atoms with E-state index >= 15 is 0 Å². The summed E-state index contributed by atoms with van der Waals surface area (Å²) in [4.78, 5) is 20.5. The van der Waals surface area contributed by atoms with Crippen LogP contribution in [0.4, 0.5) is 23.8 Å². The number of carbonyl (C=O) groups is 1. The Morgan fingerprint density at radius 2 is 2.04 bits per heavy atom. The summed E-state index contributed by atoms with van der Waals surface area (Å²) >= 11 is 0. The van der Waals surface area contributed by atoms with Gasteiger partial charge in [-0.15, -0.1) is 0 Å². The molecule has 0 spiro atoms. The summed E-state index contributed by atoms with van der Waals surface area (Å²) in [6.07, 6.45) is -3.55. The predicted octanol–water partition coefficient (Wildman–Crippen LogP) is 2.60. The van der Waals surface area contributed by atoms with Crippen LogP contribution in [0.25, 0.3) is 0 Å². The van der Waals surface area contributed by atoms with Crippen LogP contribution < -0.4 is 10.2 Å². The molecule has 9 heteroatoms. The van der Waals surface area contributed by atoms with Gasteiger partial charge in [-0.3, -0.25) is 0 Å². The van der Waals surface area contributed by atoms with Crippen molar-refractivity contribution >= 4 is 11.9 Å². The molecule has 0 aromatic carbocycles. The zero-order valence-electron chi connectivity index (χ0n) is 13.1. The quantitative estimate of drug-likeness (QED) is 0.902. The Morgan fingerprint density at radius 1 is 1.35 bits per heavy atom. The second-order valence-corrected chi connectivity index (χ2v) is 6.34. The highest BCUT2D eigenvalue weighted by atomic mass is 19.4.